The second-order valence-electron chi connectivity index (χ2n) is 6.80. The third-order valence-electron chi connectivity index (χ3n) is 4.07. The number of carbonyl (C=O) groups excluding carboxylic acids is 3. The maximum Gasteiger partial charge on any atom is 0.338 e. The van der Waals surface area contributed by atoms with E-state index < -0.39 is 12.1 Å². The van der Waals surface area contributed by atoms with Crippen molar-refractivity contribution in [3.05, 3.63) is 35.4 Å². The average Bonchev–Trinajstić information content (AvgIpc) is 2.98. The van der Waals surface area contributed by atoms with Crippen molar-refractivity contribution in [1.29, 1.82) is 0 Å². The summed E-state index contributed by atoms with van der Waals surface area (Å²) >= 11 is 0. The Morgan fingerprint density at radius 3 is 2.44 bits per heavy atom. The van der Waals surface area contributed by atoms with Crippen LogP contribution in [0.15, 0.2) is 24.3 Å². The molecule has 1 fully saturated rings. The van der Waals surface area contributed by atoms with E-state index in [0.717, 1.165) is 18.5 Å². The molecule has 1 aromatic rings. The summed E-state index contributed by atoms with van der Waals surface area (Å²) < 4.78 is 5.21. The Morgan fingerprint density at radius 1 is 1.20 bits per heavy atom. The number of likely N-dealkylation sites (tertiary alicyclic amines) is 1. The molecule has 0 aromatic heterocycles. The molecular weight excluding hydrogens is 320 g/mol. The summed E-state index contributed by atoms with van der Waals surface area (Å²) in [5.74, 6) is -0.325. The van der Waals surface area contributed by atoms with E-state index in [-0.39, 0.29) is 11.8 Å². The van der Waals surface area contributed by atoms with Gasteiger partial charge >= 0.3 is 5.97 Å². The van der Waals surface area contributed by atoms with Crippen molar-refractivity contribution in [2.45, 2.75) is 46.3 Å². The molecule has 0 unspecified atom stereocenters. The first-order valence-corrected chi connectivity index (χ1v) is 8.72. The Morgan fingerprint density at radius 2 is 1.88 bits per heavy atom. The van der Waals surface area contributed by atoms with Crippen LogP contribution in [0.1, 0.15) is 49.5 Å². The van der Waals surface area contributed by atoms with Crippen LogP contribution in [0.25, 0.3) is 0 Å². The molecule has 1 aromatic carbocycles. The van der Waals surface area contributed by atoms with Crippen molar-refractivity contribution in [3.63, 3.8) is 0 Å². The lowest BCUT2D eigenvalue weighted by Crippen LogP contribution is -2.37. The molecule has 1 heterocycles. The molecule has 0 saturated carbocycles. The van der Waals surface area contributed by atoms with Crippen LogP contribution >= 0.6 is 0 Å². The number of amides is 2. The van der Waals surface area contributed by atoms with Crippen molar-refractivity contribution in [2.24, 2.45) is 5.92 Å². The standard InChI is InChI=1S/C19H26N2O4/c1-13(2)11-20-18(23)14(3)25-19(24)16-8-6-15(7-9-16)12-21-10-4-5-17(21)22/h6-9,13-14H,4-5,10-12H2,1-3H3,(H,20,23)/t14-/m0/s1. The van der Waals surface area contributed by atoms with Gasteiger partial charge in [0.1, 0.15) is 0 Å². The summed E-state index contributed by atoms with van der Waals surface area (Å²) in [7, 11) is 0. The smallest absolute Gasteiger partial charge is 0.338 e. The number of nitrogens with one attached hydrogen (secondary N) is 1. The largest absolute Gasteiger partial charge is 0.449 e. The minimum atomic E-state index is -0.840. The second kappa shape index (κ2) is 8.65. The zero-order chi connectivity index (χ0) is 18.4. The van der Waals surface area contributed by atoms with Gasteiger partial charge in [-0.25, -0.2) is 4.79 Å². The van der Waals surface area contributed by atoms with Crippen molar-refractivity contribution in [3.8, 4) is 0 Å². The predicted molar refractivity (Wildman–Crippen MR) is 93.8 cm³/mol. The number of ether oxygens (including phenoxy) is 1. The highest BCUT2D eigenvalue weighted by molar-refractivity contribution is 5.92. The van der Waals surface area contributed by atoms with Crippen LogP contribution in [0, 0.1) is 5.92 Å². The summed E-state index contributed by atoms with van der Waals surface area (Å²) in [5.41, 5.74) is 1.36. The second-order valence-corrected chi connectivity index (χ2v) is 6.80. The first-order chi connectivity index (χ1) is 11.9. The van der Waals surface area contributed by atoms with Gasteiger partial charge in [-0.05, 0) is 37.0 Å². The monoisotopic (exact) mass is 346 g/mol. The van der Waals surface area contributed by atoms with Gasteiger partial charge in [-0.2, -0.15) is 0 Å². The van der Waals surface area contributed by atoms with Crippen molar-refractivity contribution < 1.29 is 19.1 Å². The summed E-state index contributed by atoms with van der Waals surface area (Å²) in [5, 5.41) is 2.74. The van der Waals surface area contributed by atoms with Gasteiger partial charge in [0.25, 0.3) is 5.91 Å². The number of esters is 1. The molecule has 1 N–H and O–H groups in total. The van der Waals surface area contributed by atoms with Gasteiger partial charge in [0.15, 0.2) is 6.10 Å². The molecular formula is C19H26N2O4. The lowest BCUT2D eigenvalue weighted by Gasteiger charge is -2.16. The molecule has 0 radical (unpaired) electrons. The Hall–Kier alpha value is -2.37. The third-order valence-corrected chi connectivity index (χ3v) is 4.07. The molecule has 0 bridgehead atoms. The summed E-state index contributed by atoms with van der Waals surface area (Å²) in [6.07, 6.45) is 0.675. The van der Waals surface area contributed by atoms with E-state index in [1.165, 1.54) is 0 Å². The fourth-order valence-corrected chi connectivity index (χ4v) is 2.57. The number of benzene rings is 1. The number of carbonyl (C=O) groups is 3. The molecule has 136 valence electrons. The Bertz CT molecular complexity index is 625. The molecule has 0 aliphatic carbocycles. The Kier molecular flexibility index (Phi) is 6.56. The summed E-state index contributed by atoms with van der Waals surface area (Å²) in [6, 6.07) is 6.95. The molecule has 1 aliphatic heterocycles. The van der Waals surface area contributed by atoms with Gasteiger partial charge in [-0.15, -0.1) is 0 Å². The normalized spacial score (nSPS) is 15.4. The Labute approximate surface area is 148 Å². The quantitative estimate of drug-likeness (QED) is 0.768. The van der Waals surface area contributed by atoms with Crippen molar-refractivity contribution >= 4 is 17.8 Å². The molecule has 6 nitrogen and oxygen atoms in total. The van der Waals surface area contributed by atoms with E-state index in [2.05, 4.69) is 5.32 Å². The fourth-order valence-electron chi connectivity index (χ4n) is 2.57. The zero-order valence-corrected chi connectivity index (χ0v) is 15.1. The van der Waals surface area contributed by atoms with E-state index in [9.17, 15) is 14.4 Å². The lowest BCUT2D eigenvalue weighted by molar-refractivity contribution is -0.129. The highest BCUT2D eigenvalue weighted by Gasteiger charge is 2.21. The molecule has 0 spiro atoms. The maximum atomic E-state index is 12.1. The fraction of sp³-hybridized carbons (Fsp3) is 0.526. The molecule has 25 heavy (non-hydrogen) atoms. The van der Waals surface area contributed by atoms with Crippen LogP contribution in [-0.4, -0.2) is 41.9 Å². The highest BCUT2D eigenvalue weighted by atomic mass is 16.5. The third kappa shape index (κ3) is 5.59. The van der Waals surface area contributed by atoms with Crippen LogP contribution in [0.2, 0.25) is 0 Å². The minimum absolute atomic E-state index is 0.171. The highest BCUT2D eigenvalue weighted by Crippen LogP contribution is 2.15. The SMILES string of the molecule is CC(C)CNC(=O)[C@H](C)OC(=O)c1ccc(CN2CCCC2=O)cc1. The molecule has 2 rings (SSSR count). The van der Waals surface area contributed by atoms with Gasteiger partial charge in [0, 0.05) is 26.1 Å². The van der Waals surface area contributed by atoms with Crippen LogP contribution in [0.3, 0.4) is 0 Å². The summed E-state index contributed by atoms with van der Waals surface area (Å²) in [4.78, 5) is 37.5. The number of nitrogens with zero attached hydrogens (tertiary/aromatic N) is 1. The van der Waals surface area contributed by atoms with Crippen LogP contribution in [-0.2, 0) is 20.9 Å². The van der Waals surface area contributed by atoms with Crippen molar-refractivity contribution in [2.75, 3.05) is 13.1 Å². The molecule has 1 aliphatic rings. The number of rotatable bonds is 7. The van der Waals surface area contributed by atoms with E-state index in [0.29, 0.717) is 31.0 Å². The van der Waals surface area contributed by atoms with E-state index >= 15 is 0 Å². The van der Waals surface area contributed by atoms with E-state index in [1.54, 1.807) is 19.1 Å². The molecule has 1 atom stereocenters. The first-order valence-electron chi connectivity index (χ1n) is 8.72. The predicted octanol–water partition coefficient (Wildman–Crippen LogP) is 2.13. The Balaban J connectivity index is 1.87. The van der Waals surface area contributed by atoms with Gasteiger partial charge in [-0.3, -0.25) is 9.59 Å². The summed E-state index contributed by atoms with van der Waals surface area (Å²) in [6.45, 7) is 7.43. The van der Waals surface area contributed by atoms with Crippen LogP contribution in [0.4, 0.5) is 0 Å². The molecule has 6 heteroatoms. The maximum absolute atomic E-state index is 12.1. The zero-order valence-electron chi connectivity index (χ0n) is 15.1. The van der Waals surface area contributed by atoms with Crippen LogP contribution in [0.5, 0.6) is 0 Å². The van der Waals surface area contributed by atoms with E-state index in [4.69, 9.17) is 4.74 Å². The number of hydrogen-bond donors (Lipinski definition) is 1. The minimum Gasteiger partial charge on any atom is -0.449 e. The van der Waals surface area contributed by atoms with Gasteiger partial charge in [-0.1, -0.05) is 26.0 Å². The van der Waals surface area contributed by atoms with Gasteiger partial charge in [0.05, 0.1) is 5.56 Å². The van der Waals surface area contributed by atoms with E-state index in [1.807, 2.05) is 30.9 Å². The van der Waals surface area contributed by atoms with Crippen LogP contribution < -0.4 is 5.32 Å². The average molecular weight is 346 g/mol. The van der Waals surface area contributed by atoms with Crippen molar-refractivity contribution in [1.82, 2.24) is 10.2 Å². The van der Waals surface area contributed by atoms with Gasteiger partial charge < -0.3 is 15.0 Å². The first kappa shape index (κ1) is 19.0. The topological polar surface area (TPSA) is 75.7 Å². The molecule has 1 saturated heterocycles. The lowest BCUT2D eigenvalue weighted by atomic mass is 10.1. The molecule has 2 amide bonds. The number of hydrogen-bond acceptors (Lipinski definition) is 4. The van der Waals surface area contributed by atoms with Gasteiger partial charge in [0.2, 0.25) is 5.91 Å².